The third kappa shape index (κ3) is 8.34. The van der Waals surface area contributed by atoms with Crippen molar-refractivity contribution in [1.29, 1.82) is 0 Å². The van der Waals surface area contributed by atoms with Crippen LogP contribution in [0.4, 0.5) is 16.2 Å². The summed E-state index contributed by atoms with van der Waals surface area (Å²) in [5.74, 6) is -2.80. The predicted octanol–water partition coefficient (Wildman–Crippen LogP) is 4.56. The van der Waals surface area contributed by atoms with Gasteiger partial charge >= 0.3 is 12.0 Å². The van der Waals surface area contributed by atoms with Crippen molar-refractivity contribution in [2.24, 2.45) is 4.99 Å². The lowest BCUT2D eigenvalue weighted by molar-refractivity contribution is -0.144. The van der Waals surface area contributed by atoms with Gasteiger partial charge < -0.3 is 24.3 Å². The van der Waals surface area contributed by atoms with Gasteiger partial charge in [-0.1, -0.05) is 55.8 Å². The summed E-state index contributed by atoms with van der Waals surface area (Å²) in [5.41, 5.74) is 0.795. The number of benzene rings is 3. The van der Waals surface area contributed by atoms with E-state index in [-0.39, 0.29) is 66.9 Å². The molecule has 0 bridgehead atoms. The summed E-state index contributed by atoms with van der Waals surface area (Å²) in [4.78, 5) is 62.6. The van der Waals surface area contributed by atoms with Gasteiger partial charge in [-0.05, 0) is 55.7 Å². The SMILES string of the molecule is CCCCOc1ccc(C(=O)OC)cc1NC(=O)C(C1=Nc2ccccc2S(=O)(=O)N1CCCOC)N1C(=O)C(OCC)N(Cc2ccccc2)C1=O. The maximum Gasteiger partial charge on any atom is 0.337 e. The predicted molar refractivity (Wildman–Crippen MR) is 194 cm³/mol. The molecule has 0 aliphatic carbocycles. The highest BCUT2D eigenvalue weighted by atomic mass is 32.2. The largest absolute Gasteiger partial charge is 0.491 e. The minimum absolute atomic E-state index is 0.0150. The fraction of sp³-hybridized carbons (Fsp3) is 0.378. The lowest BCUT2D eigenvalue weighted by atomic mass is 10.1. The molecule has 53 heavy (non-hydrogen) atoms. The summed E-state index contributed by atoms with van der Waals surface area (Å²) in [6, 6.07) is 16.3. The molecule has 0 aromatic heterocycles. The van der Waals surface area contributed by atoms with E-state index in [0.717, 1.165) is 10.7 Å². The third-order valence-corrected chi connectivity index (χ3v) is 10.4. The van der Waals surface area contributed by atoms with Crippen LogP contribution in [0.3, 0.4) is 0 Å². The topological polar surface area (TPSA) is 173 Å². The van der Waals surface area contributed by atoms with Crippen molar-refractivity contribution in [3.63, 3.8) is 0 Å². The number of methoxy groups -OCH3 is 2. The molecule has 282 valence electrons. The first-order chi connectivity index (χ1) is 25.6. The Labute approximate surface area is 308 Å². The molecular weight excluding hydrogens is 706 g/mol. The van der Waals surface area contributed by atoms with Gasteiger partial charge in [0.05, 0.1) is 37.2 Å². The van der Waals surface area contributed by atoms with Crippen LogP contribution in [-0.4, -0.2) is 105 Å². The van der Waals surface area contributed by atoms with Gasteiger partial charge in [0.25, 0.3) is 21.8 Å². The van der Waals surface area contributed by atoms with Crippen LogP contribution in [0.25, 0.3) is 0 Å². The number of hydrogen-bond acceptors (Lipinski definition) is 11. The molecule has 0 radical (unpaired) electrons. The third-order valence-electron chi connectivity index (χ3n) is 8.50. The van der Waals surface area contributed by atoms with E-state index in [1.165, 1.54) is 49.5 Å². The van der Waals surface area contributed by atoms with Gasteiger partial charge in [0, 0.05) is 26.9 Å². The first-order valence-corrected chi connectivity index (χ1v) is 18.7. The van der Waals surface area contributed by atoms with Crippen molar-refractivity contribution in [1.82, 2.24) is 14.1 Å². The van der Waals surface area contributed by atoms with E-state index >= 15 is 0 Å². The van der Waals surface area contributed by atoms with Crippen LogP contribution >= 0.6 is 0 Å². The van der Waals surface area contributed by atoms with Crippen LogP contribution in [0, 0.1) is 0 Å². The maximum absolute atomic E-state index is 14.8. The Morgan fingerprint density at radius 3 is 2.38 bits per heavy atom. The summed E-state index contributed by atoms with van der Waals surface area (Å²) in [7, 11) is -1.70. The Balaban J connectivity index is 1.68. The van der Waals surface area contributed by atoms with Crippen molar-refractivity contribution >= 4 is 51.0 Å². The van der Waals surface area contributed by atoms with E-state index in [9.17, 15) is 27.6 Å². The molecule has 16 heteroatoms. The average molecular weight is 750 g/mol. The Morgan fingerprint density at radius 2 is 1.68 bits per heavy atom. The molecular formula is C37H43N5O10S. The standard InChI is InChI=1S/C37H43N5O10S/c1-5-7-22-52-29-19-18-26(36(45)50-4)23-28(29)39-33(43)31(32-38-27-16-11-12-17-30(27)53(47,48)41(32)20-13-21-49-3)42-34(44)35(51-6-2)40(37(42)46)24-25-14-9-8-10-15-25/h8-12,14-19,23,31,35H,5-7,13,20-22,24H2,1-4H3,(H,39,43). The number of amidine groups is 1. The van der Waals surface area contributed by atoms with Gasteiger partial charge in [-0.15, -0.1) is 0 Å². The molecule has 2 heterocycles. The lowest BCUT2D eigenvalue weighted by Gasteiger charge is -2.35. The molecule has 2 aliphatic heterocycles. The molecule has 1 saturated heterocycles. The molecule has 3 aromatic rings. The van der Waals surface area contributed by atoms with Crippen LogP contribution in [0.2, 0.25) is 0 Å². The van der Waals surface area contributed by atoms with E-state index < -0.39 is 51.9 Å². The number of fused-ring (bicyclic) bond motifs is 1. The number of ether oxygens (including phenoxy) is 4. The number of nitrogens with zero attached hydrogens (tertiary/aromatic N) is 4. The van der Waals surface area contributed by atoms with Gasteiger partial charge in [-0.3, -0.25) is 18.8 Å². The van der Waals surface area contributed by atoms with Gasteiger partial charge in [0.2, 0.25) is 6.23 Å². The van der Waals surface area contributed by atoms with Gasteiger partial charge in [-0.2, -0.15) is 0 Å². The smallest absolute Gasteiger partial charge is 0.337 e. The monoisotopic (exact) mass is 749 g/mol. The number of esters is 1. The average Bonchev–Trinajstić information content (AvgIpc) is 3.37. The highest BCUT2D eigenvalue weighted by Gasteiger charge is 2.54. The minimum Gasteiger partial charge on any atom is -0.491 e. The van der Waals surface area contributed by atoms with Crippen molar-refractivity contribution in [2.45, 2.75) is 56.8 Å². The summed E-state index contributed by atoms with van der Waals surface area (Å²) in [6.07, 6.45) is 0.254. The van der Waals surface area contributed by atoms with E-state index in [1.807, 2.05) is 6.92 Å². The zero-order valence-electron chi connectivity index (χ0n) is 30.0. The van der Waals surface area contributed by atoms with Gasteiger partial charge in [0.1, 0.15) is 10.6 Å². The number of nitrogens with one attached hydrogen (secondary N) is 1. The molecule has 2 unspecified atom stereocenters. The molecule has 2 atom stereocenters. The van der Waals surface area contributed by atoms with E-state index in [4.69, 9.17) is 18.9 Å². The van der Waals surface area contributed by atoms with Crippen LogP contribution < -0.4 is 10.1 Å². The minimum atomic E-state index is -4.37. The number of carbonyl (C=O) groups excluding carboxylic acids is 4. The van der Waals surface area contributed by atoms with E-state index in [2.05, 4.69) is 10.3 Å². The molecule has 3 aromatic carbocycles. The number of carbonyl (C=O) groups is 4. The van der Waals surface area contributed by atoms with Gasteiger partial charge in [0.15, 0.2) is 11.9 Å². The van der Waals surface area contributed by atoms with Crippen molar-refractivity contribution in [3.05, 3.63) is 83.9 Å². The Kier molecular flexibility index (Phi) is 12.8. The van der Waals surface area contributed by atoms with E-state index in [0.29, 0.717) is 16.9 Å². The Bertz CT molecular complexity index is 1960. The van der Waals surface area contributed by atoms with E-state index in [1.54, 1.807) is 49.4 Å². The number of aliphatic imine (C=N–C) groups is 1. The molecule has 5 rings (SSSR count). The maximum atomic E-state index is 14.8. The van der Waals surface area contributed by atoms with Crippen molar-refractivity contribution < 1.29 is 46.5 Å². The molecule has 2 aliphatic rings. The first-order valence-electron chi connectivity index (χ1n) is 17.2. The zero-order chi connectivity index (χ0) is 38.1. The fourth-order valence-corrected chi connectivity index (χ4v) is 7.54. The number of sulfonamides is 1. The van der Waals surface area contributed by atoms with Crippen molar-refractivity contribution in [3.8, 4) is 5.75 Å². The first kappa shape index (κ1) is 38.9. The number of para-hydroxylation sites is 1. The summed E-state index contributed by atoms with van der Waals surface area (Å²) >= 11 is 0. The van der Waals surface area contributed by atoms with Gasteiger partial charge in [-0.25, -0.2) is 27.9 Å². The number of imide groups is 1. The normalized spacial score (nSPS) is 16.9. The Morgan fingerprint density at radius 1 is 0.943 bits per heavy atom. The number of unbranched alkanes of at least 4 members (excludes halogenated alkanes) is 1. The van der Waals surface area contributed by atoms with Crippen LogP contribution in [0.15, 0.2) is 82.7 Å². The van der Waals surface area contributed by atoms with Crippen LogP contribution in [-0.2, 0) is 40.4 Å². The highest BCUT2D eigenvalue weighted by Crippen LogP contribution is 2.36. The summed E-state index contributed by atoms with van der Waals surface area (Å²) in [5, 5.41) is 2.72. The number of hydrogen-bond donors (Lipinski definition) is 1. The molecule has 4 amide bonds. The van der Waals surface area contributed by atoms with Crippen molar-refractivity contribution in [2.75, 3.05) is 45.9 Å². The van der Waals surface area contributed by atoms with Crippen LogP contribution in [0.5, 0.6) is 5.75 Å². The molecule has 0 spiro atoms. The lowest BCUT2D eigenvalue weighted by Crippen LogP contribution is -2.59. The second-order valence-corrected chi connectivity index (χ2v) is 13.9. The number of urea groups is 1. The number of anilines is 1. The van der Waals surface area contributed by atoms with Crippen LogP contribution in [0.1, 0.15) is 49.0 Å². The second-order valence-electron chi connectivity index (χ2n) is 12.1. The number of rotatable bonds is 17. The molecule has 15 nitrogen and oxygen atoms in total. The number of amides is 4. The quantitative estimate of drug-likeness (QED) is 0.117. The summed E-state index contributed by atoms with van der Waals surface area (Å²) in [6.45, 7) is 3.87. The Hall–Kier alpha value is -5.32. The molecule has 1 fully saturated rings. The second kappa shape index (κ2) is 17.5. The molecule has 0 saturated carbocycles. The highest BCUT2D eigenvalue weighted by molar-refractivity contribution is 7.90. The zero-order valence-corrected chi connectivity index (χ0v) is 30.8. The fourth-order valence-electron chi connectivity index (χ4n) is 5.92. The summed E-state index contributed by atoms with van der Waals surface area (Å²) < 4.78 is 51.3. The molecule has 1 N–H and O–H groups in total.